The number of sulfonamides is 1. The van der Waals surface area contributed by atoms with Crippen LogP contribution < -0.4 is 21.5 Å². The first-order valence-corrected chi connectivity index (χ1v) is 13.8. The molecule has 2 aliphatic heterocycles. The van der Waals surface area contributed by atoms with Gasteiger partial charge in [0.1, 0.15) is 16.3 Å². The fourth-order valence-corrected chi connectivity index (χ4v) is 6.71. The third kappa shape index (κ3) is 5.13. The summed E-state index contributed by atoms with van der Waals surface area (Å²) < 4.78 is 33.5. The number of benzene rings is 1. The van der Waals surface area contributed by atoms with Crippen molar-refractivity contribution in [3.05, 3.63) is 37.6 Å². The van der Waals surface area contributed by atoms with E-state index in [9.17, 15) is 27.9 Å². The Morgan fingerprint density at radius 1 is 1.16 bits per heavy atom. The summed E-state index contributed by atoms with van der Waals surface area (Å²) in [6.07, 6.45) is 1.16. The summed E-state index contributed by atoms with van der Waals surface area (Å²) in [6, 6.07) is 2.34. The highest BCUT2D eigenvalue weighted by Crippen LogP contribution is 2.40. The average molecular weight is 557 g/mol. The molecule has 37 heavy (non-hydrogen) atoms. The second-order valence-electron chi connectivity index (χ2n) is 9.20. The van der Waals surface area contributed by atoms with Crippen molar-refractivity contribution in [3.8, 4) is 5.75 Å². The molecule has 0 spiro atoms. The molecule has 12 nitrogen and oxygen atoms in total. The third-order valence-corrected chi connectivity index (χ3v) is 9.24. The van der Waals surface area contributed by atoms with E-state index in [1.807, 2.05) is 13.8 Å². The van der Waals surface area contributed by atoms with Crippen LogP contribution in [0, 0.1) is 0 Å². The molecular weight excluding hydrogens is 528 g/mol. The highest BCUT2D eigenvalue weighted by Gasteiger charge is 2.35. The van der Waals surface area contributed by atoms with Crippen LogP contribution >= 0.6 is 11.6 Å². The molecule has 2 heterocycles. The molecule has 2 aliphatic rings. The first kappa shape index (κ1) is 27.2. The van der Waals surface area contributed by atoms with Crippen LogP contribution in [0.2, 0.25) is 5.02 Å². The predicted molar refractivity (Wildman–Crippen MR) is 137 cm³/mol. The molecule has 4 N–H and O–H groups in total. The van der Waals surface area contributed by atoms with Gasteiger partial charge in [0.15, 0.2) is 5.75 Å². The Hall–Kier alpha value is -2.87. The maximum Gasteiger partial charge on any atom is 0.407 e. The molecule has 0 unspecified atom stereocenters. The largest absolute Gasteiger partial charge is 0.504 e. The number of amides is 1. The number of hydrogen-bond acceptors (Lipinski definition) is 9. The van der Waals surface area contributed by atoms with Crippen LogP contribution in [0.4, 0.5) is 21.9 Å². The van der Waals surface area contributed by atoms with Gasteiger partial charge in [-0.1, -0.05) is 18.5 Å². The zero-order valence-corrected chi connectivity index (χ0v) is 21.9. The smallest absolute Gasteiger partial charge is 0.407 e. The number of nitrogens with zero attached hydrogens (tertiary/aromatic N) is 2. The summed E-state index contributed by atoms with van der Waals surface area (Å²) in [4.78, 5) is 36.4. The number of hydrogen-bond donors (Lipinski definition) is 4. The minimum atomic E-state index is -4.30. The van der Waals surface area contributed by atoms with E-state index in [1.165, 1.54) is 12.1 Å². The number of phenols is 1. The molecule has 202 valence electrons. The first-order chi connectivity index (χ1) is 17.4. The van der Waals surface area contributed by atoms with Crippen LogP contribution in [0.3, 0.4) is 0 Å². The SMILES string of the molecule is CC[C@@H](Nc1c(Nc2ccc(Cl)c(S(=O)(=O)N3CCN(C(=O)O)CC3)c2O)c(=O)c1=O)[C@H]1CC[C@@H](C)O1. The minimum absolute atomic E-state index is 0.0362. The normalized spacial score (nSPS) is 21.8. The number of phenolic OH excluding ortho intramolecular Hbond substituents is 1. The molecular formula is C23H29ClN4O8S. The number of piperazine rings is 1. The minimum Gasteiger partial charge on any atom is -0.504 e. The van der Waals surface area contributed by atoms with E-state index in [0.717, 1.165) is 22.0 Å². The van der Waals surface area contributed by atoms with Gasteiger partial charge < -0.3 is 30.5 Å². The Bertz CT molecular complexity index is 1370. The van der Waals surface area contributed by atoms with E-state index >= 15 is 0 Å². The van der Waals surface area contributed by atoms with E-state index in [4.69, 9.17) is 21.4 Å². The number of halogens is 1. The third-order valence-electron chi connectivity index (χ3n) is 6.84. The van der Waals surface area contributed by atoms with Gasteiger partial charge in [-0.3, -0.25) is 9.59 Å². The van der Waals surface area contributed by atoms with Gasteiger partial charge in [-0.15, -0.1) is 0 Å². The Balaban J connectivity index is 1.59. The Kier molecular flexibility index (Phi) is 7.70. The summed E-state index contributed by atoms with van der Waals surface area (Å²) in [5, 5.41) is 25.5. The zero-order chi connectivity index (χ0) is 27.1. The average Bonchev–Trinajstić information content (AvgIpc) is 3.30. The van der Waals surface area contributed by atoms with Gasteiger partial charge in [0.25, 0.3) is 10.9 Å². The number of aromatic hydroxyl groups is 1. The van der Waals surface area contributed by atoms with Crippen molar-refractivity contribution in [1.29, 1.82) is 0 Å². The molecule has 3 atom stereocenters. The Labute approximate surface area is 218 Å². The lowest BCUT2D eigenvalue weighted by Gasteiger charge is -2.32. The maximum atomic E-state index is 13.3. The maximum absolute atomic E-state index is 13.3. The van der Waals surface area contributed by atoms with Crippen LogP contribution in [0.5, 0.6) is 5.75 Å². The lowest BCUT2D eigenvalue weighted by molar-refractivity contribution is 0.0438. The van der Waals surface area contributed by atoms with Gasteiger partial charge in [-0.05, 0) is 38.3 Å². The van der Waals surface area contributed by atoms with Gasteiger partial charge in [0.05, 0.1) is 29.0 Å². The number of carbonyl (C=O) groups is 1. The molecule has 2 aromatic rings. The summed E-state index contributed by atoms with van der Waals surface area (Å²) in [7, 11) is -4.30. The van der Waals surface area contributed by atoms with Crippen LogP contribution in [0.25, 0.3) is 0 Å². The molecule has 0 saturated carbocycles. The van der Waals surface area contributed by atoms with E-state index in [2.05, 4.69) is 10.6 Å². The van der Waals surface area contributed by atoms with Crippen molar-refractivity contribution in [1.82, 2.24) is 9.21 Å². The number of rotatable bonds is 8. The summed E-state index contributed by atoms with van der Waals surface area (Å²) in [6.45, 7) is 3.60. The highest BCUT2D eigenvalue weighted by atomic mass is 35.5. The number of nitrogens with one attached hydrogen (secondary N) is 2. The fraction of sp³-hybridized carbons (Fsp3) is 0.522. The second-order valence-corrected chi connectivity index (χ2v) is 11.5. The van der Waals surface area contributed by atoms with Gasteiger partial charge in [0.2, 0.25) is 10.0 Å². The fourth-order valence-electron chi connectivity index (χ4n) is 4.70. The molecule has 0 aliphatic carbocycles. The van der Waals surface area contributed by atoms with Gasteiger partial charge in [0, 0.05) is 26.2 Å². The number of anilines is 3. The molecule has 14 heteroatoms. The van der Waals surface area contributed by atoms with Gasteiger partial charge >= 0.3 is 6.09 Å². The van der Waals surface area contributed by atoms with Crippen LogP contribution in [0.15, 0.2) is 26.6 Å². The lowest BCUT2D eigenvalue weighted by atomic mass is 10.0. The molecule has 2 saturated heterocycles. The molecule has 2 aromatic carbocycles. The van der Waals surface area contributed by atoms with Crippen molar-refractivity contribution < 1.29 is 28.2 Å². The molecule has 0 bridgehead atoms. The highest BCUT2D eigenvalue weighted by molar-refractivity contribution is 7.89. The second kappa shape index (κ2) is 10.5. The van der Waals surface area contributed by atoms with Gasteiger partial charge in [-0.2, -0.15) is 4.31 Å². The van der Waals surface area contributed by atoms with Crippen molar-refractivity contribution in [2.45, 2.75) is 56.3 Å². The molecule has 0 aromatic heterocycles. The van der Waals surface area contributed by atoms with Crippen molar-refractivity contribution in [2.75, 3.05) is 36.8 Å². The first-order valence-electron chi connectivity index (χ1n) is 12.0. The summed E-state index contributed by atoms with van der Waals surface area (Å²) >= 11 is 6.16. The molecule has 2 fully saturated rings. The van der Waals surface area contributed by atoms with Crippen molar-refractivity contribution in [3.63, 3.8) is 0 Å². The lowest BCUT2D eigenvalue weighted by Crippen LogP contribution is -2.50. The van der Waals surface area contributed by atoms with Crippen molar-refractivity contribution >= 4 is 44.8 Å². The van der Waals surface area contributed by atoms with E-state index in [1.54, 1.807) is 0 Å². The standard InChI is InChI=1S/C23H29ClN4O8S/c1-3-14(16-7-4-12(2)36-16)25-17-18(21(31)20(17)30)26-15-6-5-13(24)22(19(15)29)37(34,35)28-10-8-27(9-11-28)23(32)33/h5-6,12,14,16,25-26,29H,3-4,7-11H2,1-2H3,(H,32,33)/t12-,14-,16-/m1/s1. The van der Waals surface area contributed by atoms with Crippen LogP contribution in [-0.2, 0) is 14.8 Å². The van der Waals surface area contributed by atoms with E-state index in [0.29, 0.717) is 6.42 Å². The van der Waals surface area contributed by atoms with Crippen LogP contribution in [-0.4, -0.2) is 78.4 Å². The topological polar surface area (TPSA) is 166 Å². The Morgan fingerprint density at radius 2 is 1.81 bits per heavy atom. The van der Waals surface area contributed by atoms with Crippen LogP contribution in [0.1, 0.15) is 33.1 Å². The molecule has 4 rings (SSSR count). The van der Waals surface area contributed by atoms with E-state index < -0.39 is 37.6 Å². The van der Waals surface area contributed by atoms with Gasteiger partial charge in [-0.25, -0.2) is 13.2 Å². The molecule has 1 amide bonds. The number of ether oxygens (including phenoxy) is 1. The van der Waals surface area contributed by atoms with E-state index in [-0.39, 0.29) is 66.5 Å². The summed E-state index contributed by atoms with van der Waals surface area (Å²) in [5.74, 6) is -0.716. The number of carboxylic acid groups (broad SMARTS) is 1. The monoisotopic (exact) mass is 556 g/mol. The predicted octanol–water partition coefficient (Wildman–Crippen LogP) is 2.13. The van der Waals surface area contributed by atoms with Crippen molar-refractivity contribution in [2.24, 2.45) is 0 Å². The molecule has 0 radical (unpaired) electrons. The Morgan fingerprint density at radius 3 is 2.38 bits per heavy atom. The zero-order valence-electron chi connectivity index (χ0n) is 20.4. The summed E-state index contributed by atoms with van der Waals surface area (Å²) in [5.41, 5.74) is -1.69. The quantitative estimate of drug-likeness (QED) is 0.279.